The third-order valence-corrected chi connectivity index (χ3v) is 5.59. The summed E-state index contributed by atoms with van der Waals surface area (Å²) in [6.07, 6.45) is 0.338. The molecule has 170 valence electrons. The molecule has 1 aromatic heterocycles. The number of carbonyl (C=O) groups is 3. The van der Waals surface area contributed by atoms with Gasteiger partial charge in [0.15, 0.2) is 0 Å². The van der Waals surface area contributed by atoms with Crippen LogP contribution in [0.2, 0.25) is 0 Å². The van der Waals surface area contributed by atoms with Gasteiger partial charge in [-0.3, -0.25) is 9.69 Å². The zero-order chi connectivity index (χ0) is 23.4. The normalized spacial score (nSPS) is 16.4. The number of amides is 3. The van der Waals surface area contributed by atoms with E-state index in [0.717, 1.165) is 15.7 Å². The van der Waals surface area contributed by atoms with Crippen molar-refractivity contribution in [2.45, 2.75) is 19.0 Å². The second-order valence-corrected chi connectivity index (χ2v) is 8.18. The lowest BCUT2D eigenvalue weighted by Crippen LogP contribution is -2.49. The summed E-state index contributed by atoms with van der Waals surface area (Å²) in [5.41, 5.74) is 2.10. The molecule has 0 aliphatic carbocycles. The number of alkyl carbamates (subject to hydrolysis) is 1. The van der Waals surface area contributed by atoms with E-state index in [0.29, 0.717) is 11.4 Å². The van der Waals surface area contributed by atoms with E-state index in [1.54, 1.807) is 13.1 Å². The van der Waals surface area contributed by atoms with Gasteiger partial charge in [-0.2, -0.15) is 0 Å². The van der Waals surface area contributed by atoms with E-state index >= 15 is 0 Å². The molecule has 1 fully saturated rings. The number of aromatic amines is 1. The second-order valence-electron chi connectivity index (χ2n) is 7.26. The predicted octanol–water partition coefficient (Wildman–Crippen LogP) is 3.05. The predicted molar refractivity (Wildman–Crippen MR) is 119 cm³/mol. The van der Waals surface area contributed by atoms with Crippen molar-refractivity contribution in [1.82, 2.24) is 25.1 Å². The lowest BCUT2D eigenvalue weighted by Gasteiger charge is -2.27. The van der Waals surface area contributed by atoms with Gasteiger partial charge in [-0.1, -0.05) is 34.6 Å². The number of nitrogens with zero attached hydrogens (tertiary/aromatic N) is 3. The summed E-state index contributed by atoms with van der Waals surface area (Å²) in [6, 6.07) is 6.08. The molecule has 1 aliphatic heterocycles. The highest BCUT2D eigenvalue weighted by Crippen LogP contribution is 2.30. The van der Waals surface area contributed by atoms with Crippen molar-refractivity contribution in [2.24, 2.45) is 0 Å². The summed E-state index contributed by atoms with van der Waals surface area (Å²) in [5, 5.41) is 2.49. The van der Waals surface area contributed by atoms with Crippen LogP contribution in [0.25, 0.3) is 11.3 Å². The lowest BCUT2D eigenvalue weighted by molar-refractivity contribution is -0.133. The molecule has 2 aromatic rings. The monoisotopic (exact) mass is 505 g/mol. The molecule has 1 aromatic carbocycles. The summed E-state index contributed by atoms with van der Waals surface area (Å²) in [5.74, 6) is 0.0575. The van der Waals surface area contributed by atoms with Crippen molar-refractivity contribution in [3.8, 4) is 11.3 Å². The van der Waals surface area contributed by atoms with Crippen LogP contribution in [0.4, 0.5) is 9.59 Å². The van der Waals surface area contributed by atoms with Gasteiger partial charge < -0.3 is 24.7 Å². The number of benzene rings is 1. The molecule has 2 N–H and O–H groups in total. The Morgan fingerprint density at radius 2 is 1.94 bits per heavy atom. The number of imidazole rings is 1. The van der Waals surface area contributed by atoms with Gasteiger partial charge in [0.25, 0.3) is 5.91 Å². The third kappa shape index (κ3) is 4.93. The number of methoxy groups -OCH3 is 2. The standard InChI is InChI=1S/C21H24BrN5O5/c1-12(2)17(25-20(29)31-3)19(28)27-11-26(21(30)32-4)10-16(27)18-23-9-15(24-18)13-5-7-14(22)8-6-13/h5-9,16-17H,1,10-11H2,2-4H3,(H,23,24)(H,25,29)/t16-,17-/m0/s1. The van der Waals surface area contributed by atoms with Crippen LogP contribution >= 0.6 is 15.9 Å². The number of nitrogens with one attached hydrogen (secondary N) is 2. The first-order chi connectivity index (χ1) is 15.2. The number of halogens is 1. The van der Waals surface area contributed by atoms with Gasteiger partial charge in [-0.05, 0) is 30.2 Å². The Morgan fingerprint density at radius 1 is 1.25 bits per heavy atom. The van der Waals surface area contributed by atoms with E-state index in [1.165, 1.54) is 24.0 Å². The zero-order valence-electron chi connectivity index (χ0n) is 17.9. The Labute approximate surface area is 193 Å². The number of hydrogen-bond donors (Lipinski definition) is 2. The highest BCUT2D eigenvalue weighted by atomic mass is 79.9. The molecule has 0 saturated carbocycles. The Hall–Kier alpha value is -3.34. The molecule has 1 aliphatic rings. The van der Waals surface area contributed by atoms with Crippen LogP contribution in [-0.2, 0) is 14.3 Å². The summed E-state index contributed by atoms with van der Waals surface area (Å²) in [4.78, 5) is 47.8. The Kier molecular flexibility index (Phi) is 7.18. The fourth-order valence-electron chi connectivity index (χ4n) is 3.39. The van der Waals surface area contributed by atoms with Crippen LogP contribution in [-0.4, -0.2) is 71.3 Å². The quantitative estimate of drug-likeness (QED) is 0.603. The van der Waals surface area contributed by atoms with Gasteiger partial charge in [0.2, 0.25) is 0 Å². The van der Waals surface area contributed by atoms with Crippen LogP contribution in [0.3, 0.4) is 0 Å². The summed E-state index contributed by atoms with van der Waals surface area (Å²) >= 11 is 3.41. The molecule has 3 rings (SSSR count). The molecule has 0 bridgehead atoms. The first-order valence-electron chi connectivity index (χ1n) is 9.69. The highest BCUT2D eigenvalue weighted by Gasteiger charge is 2.42. The fraction of sp³-hybridized carbons (Fsp3) is 0.333. The Bertz CT molecular complexity index is 1020. The van der Waals surface area contributed by atoms with E-state index in [9.17, 15) is 14.4 Å². The van der Waals surface area contributed by atoms with Crippen LogP contribution in [0.15, 0.2) is 47.1 Å². The molecular weight excluding hydrogens is 482 g/mol. The van der Waals surface area contributed by atoms with Gasteiger partial charge in [-0.15, -0.1) is 0 Å². The van der Waals surface area contributed by atoms with E-state index in [-0.39, 0.29) is 13.2 Å². The SMILES string of the molecule is C=C(C)[C@H](NC(=O)OC)C(=O)N1CN(C(=O)OC)C[C@H]1c1ncc(-c2ccc(Br)cc2)[nH]1. The minimum atomic E-state index is -1.02. The van der Waals surface area contributed by atoms with Gasteiger partial charge in [0.1, 0.15) is 24.6 Å². The minimum absolute atomic E-state index is 0.0306. The largest absolute Gasteiger partial charge is 0.453 e. The number of carbonyl (C=O) groups excluding carboxylic acids is 3. The van der Waals surface area contributed by atoms with Crippen LogP contribution in [0, 0.1) is 0 Å². The lowest BCUT2D eigenvalue weighted by atomic mass is 10.1. The smallest absolute Gasteiger partial charge is 0.410 e. The van der Waals surface area contributed by atoms with Crippen LogP contribution in [0.1, 0.15) is 18.8 Å². The molecule has 2 heterocycles. The Morgan fingerprint density at radius 3 is 2.53 bits per heavy atom. The van der Waals surface area contributed by atoms with Crippen molar-refractivity contribution in [3.05, 3.63) is 52.9 Å². The number of H-pyrrole nitrogens is 1. The van der Waals surface area contributed by atoms with Crippen LogP contribution < -0.4 is 5.32 Å². The maximum atomic E-state index is 13.4. The van der Waals surface area contributed by atoms with Crippen LogP contribution in [0.5, 0.6) is 0 Å². The molecule has 1 saturated heterocycles. The van der Waals surface area contributed by atoms with Crippen molar-refractivity contribution >= 4 is 34.0 Å². The maximum Gasteiger partial charge on any atom is 0.410 e. The number of ether oxygens (including phenoxy) is 2. The molecule has 3 amide bonds. The Balaban J connectivity index is 1.92. The highest BCUT2D eigenvalue weighted by molar-refractivity contribution is 9.10. The molecular formula is C21H24BrN5O5. The van der Waals surface area contributed by atoms with Crippen molar-refractivity contribution in [3.63, 3.8) is 0 Å². The molecule has 0 unspecified atom stereocenters. The van der Waals surface area contributed by atoms with Gasteiger partial charge in [0, 0.05) is 4.47 Å². The third-order valence-electron chi connectivity index (χ3n) is 5.06. The molecule has 11 heteroatoms. The van der Waals surface area contributed by atoms with Crippen molar-refractivity contribution in [2.75, 3.05) is 27.4 Å². The minimum Gasteiger partial charge on any atom is -0.453 e. The fourth-order valence-corrected chi connectivity index (χ4v) is 3.65. The van der Waals surface area contributed by atoms with Gasteiger partial charge in [-0.25, -0.2) is 14.6 Å². The molecule has 10 nitrogen and oxygen atoms in total. The second kappa shape index (κ2) is 9.86. The maximum absolute atomic E-state index is 13.4. The van der Waals surface area contributed by atoms with E-state index in [1.807, 2.05) is 24.3 Å². The topological polar surface area (TPSA) is 117 Å². The summed E-state index contributed by atoms with van der Waals surface area (Å²) in [7, 11) is 2.48. The van der Waals surface area contributed by atoms with Crippen molar-refractivity contribution in [1.29, 1.82) is 0 Å². The zero-order valence-corrected chi connectivity index (χ0v) is 19.5. The van der Waals surface area contributed by atoms with E-state index in [4.69, 9.17) is 4.74 Å². The first-order valence-corrected chi connectivity index (χ1v) is 10.5. The number of aromatic nitrogens is 2. The van der Waals surface area contributed by atoms with Gasteiger partial charge >= 0.3 is 12.2 Å². The average Bonchev–Trinajstić information content (AvgIpc) is 3.44. The van der Waals surface area contributed by atoms with E-state index < -0.39 is 30.2 Å². The van der Waals surface area contributed by atoms with Crippen molar-refractivity contribution < 1.29 is 23.9 Å². The number of hydrogen-bond acceptors (Lipinski definition) is 6. The summed E-state index contributed by atoms with van der Waals surface area (Å²) < 4.78 is 10.4. The molecule has 2 atom stereocenters. The van der Waals surface area contributed by atoms with Gasteiger partial charge in [0.05, 0.1) is 32.7 Å². The summed E-state index contributed by atoms with van der Waals surface area (Å²) in [6.45, 7) is 5.57. The number of rotatable bonds is 5. The first kappa shape index (κ1) is 23.3. The average molecular weight is 506 g/mol. The molecule has 0 radical (unpaired) electrons. The van der Waals surface area contributed by atoms with E-state index in [2.05, 4.69) is 42.5 Å². The molecule has 0 spiro atoms. The molecule has 32 heavy (non-hydrogen) atoms.